The van der Waals surface area contributed by atoms with Crippen LogP contribution in [0.2, 0.25) is 5.02 Å². The Bertz CT molecular complexity index is 646. The fourth-order valence-corrected chi connectivity index (χ4v) is 2.04. The number of likely N-dealkylation sites (N-methyl/N-ethyl adjacent to an activating group) is 1. The second-order valence-electron chi connectivity index (χ2n) is 5.12. The van der Waals surface area contributed by atoms with E-state index in [0.717, 1.165) is 17.9 Å². The number of hydrogen-bond donors (Lipinski definition) is 2. The van der Waals surface area contributed by atoms with Gasteiger partial charge in [-0.1, -0.05) is 17.7 Å². The van der Waals surface area contributed by atoms with Crippen LogP contribution in [-0.4, -0.2) is 43.0 Å². The first-order valence-electron chi connectivity index (χ1n) is 6.96. The fourth-order valence-electron chi connectivity index (χ4n) is 1.85. The molecule has 22 heavy (non-hydrogen) atoms. The van der Waals surface area contributed by atoms with E-state index in [-0.39, 0.29) is 5.91 Å². The summed E-state index contributed by atoms with van der Waals surface area (Å²) in [6.45, 7) is 1.37. The van der Waals surface area contributed by atoms with Crippen molar-refractivity contribution < 1.29 is 4.79 Å². The standard InChI is InChI=1S/C16H19ClN4O/c1-21(2)9-8-19-16(22)15-11-14(6-7-18-15)20-13-5-3-4-12(17)10-13/h3-7,10-11H,8-9H2,1-2H3,(H,18,20)(H,19,22). The highest BCUT2D eigenvalue weighted by atomic mass is 35.5. The summed E-state index contributed by atoms with van der Waals surface area (Å²) >= 11 is 5.96. The molecule has 0 atom stereocenters. The van der Waals surface area contributed by atoms with E-state index in [1.54, 1.807) is 18.3 Å². The number of carbonyl (C=O) groups is 1. The Labute approximate surface area is 135 Å². The number of anilines is 2. The van der Waals surface area contributed by atoms with E-state index in [1.807, 2.05) is 43.3 Å². The number of halogens is 1. The summed E-state index contributed by atoms with van der Waals surface area (Å²) < 4.78 is 0. The molecule has 0 aliphatic carbocycles. The van der Waals surface area contributed by atoms with Gasteiger partial charge in [-0.25, -0.2) is 0 Å². The minimum absolute atomic E-state index is 0.184. The molecule has 0 spiro atoms. The lowest BCUT2D eigenvalue weighted by atomic mass is 10.2. The number of amides is 1. The third kappa shape index (κ3) is 5.02. The number of pyridine rings is 1. The summed E-state index contributed by atoms with van der Waals surface area (Å²) in [6, 6.07) is 10.9. The third-order valence-electron chi connectivity index (χ3n) is 2.95. The Balaban J connectivity index is 2.01. The lowest BCUT2D eigenvalue weighted by Crippen LogP contribution is -2.31. The molecule has 0 aliphatic heterocycles. The van der Waals surface area contributed by atoms with Crippen LogP contribution in [0.5, 0.6) is 0 Å². The van der Waals surface area contributed by atoms with Gasteiger partial charge in [-0.05, 0) is 44.4 Å². The largest absolute Gasteiger partial charge is 0.355 e. The van der Waals surface area contributed by atoms with Crippen LogP contribution in [0.1, 0.15) is 10.5 Å². The molecule has 2 rings (SSSR count). The molecule has 0 bridgehead atoms. The zero-order valence-electron chi connectivity index (χ0n) is 12.6. The molecule has 2 aromatic rings. The number of nitrogens with zero attached hydrogens (tertiary/aromatic N) is 2. The molecule has 0 fully saturated rings. The van der Waals surface area contributed by atoms with Crippen LogP contribution in [0.3, 0.4) is 0 Å². The molecule has 1 aromatic heterocycles. The quantitative estimate of drug-likeness (QED) is 0.860. The molecular weight excluding hydrogens is 300 g/mol. The van der Waals surface area contributed by atoms with Gasteiger partial charge >= 0.3 is 0 Å². The van der Waals surface area contributed by atoms with Crippen LogP contribution in [0.15, 0.2) is 42.6 Å². The van der Waals surface area contributed by atoms with Gasteiger partial charge in [-0.3, -0.25) is 9.78 Å². The van der Waals surface area contributed by atoms with Crippen molar-refractivity contribution in [2.24, 2.45) is 0 Å². The highest BCUT2D eigenvalue weighted by molar-refractivity contribution is 6.30. The molecule has 2 N–H and O–H groups in total. The number of aromatic nitrogens is 1. The minimum atomic E-state index is -0.184. The lowest BCUT2D eigenvalue weighted by molar-refractivity contribution is 0.0946. The summed E-state index contributed by atoms with van der Waals surface area (Å²) in [5.41, 5.74) is 2.03. The topological polar surface area (TPSA) is 57.3 Å². The zero-order chi connectivity index (χ0) is 15.9. The monoisotopic (exact) mass is 318 g/mol. The first-order chi connectivity index (χ1) is 10.5. The molecule has 0 saturated carbocycles. The fraction of sp³-hybridized carbons (Fsp3) is 0.250. The summed E-state index contributed by atoms with van der Waals surface area (Å²) in [7, 11) is 3.92. The van der Waals surface area contributed by atoms with Crippen molar-refractivity contribution in [1.82, 2.24) is 15.2 Å². The van der Waals surface area contributed by atoms with Crippen molar-refractivity contribution in [3.05, 3.63) is 53.3 Å². The molecular formula is C16H19ClN4O. The van der Waals surface area contributed by atoms with Gasteiger partial charge in [0.15, 0.2) is 0 Å². The van der Waals surface area contributed by atoms with Crippen LogP contribution >= 0.6 is 11.6 Å². The van der Waals surface area contributed by atoms with Crippen LogP contribution in [0, 0.1) is 0 Å². The molecule has 1 amide bonds. The second kappa shape index (κ2) is 7.77. The SMILES string of the molecule is CN(C)CCNC(=O)c1cc(Nc2cccc(Cl)c2)ccn1. The van der Waals surface area contributed by atoms with Gasteiger partial charge in [0, 0.05) is 35.7 Å². The Morgan fingerprint density at radius 1 is 1.23 bits per heavy atom. The Morgan fingerprint density at radius 3 is 2.73 bits per heavy atom. The molecule has 5 nitrogen and oxygen atoms in total. The lowest BCUT2D eigenvalue weighted by Gasteiger charge is -2.11. The van der Waals surface area contributed by atoms with Crippen molar-refractivity contribution in [1.29, 1.82) is 0 Å². The van der Waals surface area contributed by atoms with Crippen molar-refractivity contribution >= 4 is 28.9 Å². The maximum absolute atomic E-state index is 12.0. The smallest absolute Gasteiger partial charge is 0.269 e. The van der Waals surface area contributed by atoms with E-state index < -0.39 is 0 Å². The van der Waals surface area contributed by atoms with Gasteiger partial charge in [-0.2, -0.15) is 0 Å². The van der Waals surface area contributed by atoms with E-state index in [4.69, 9.17) is 11.6 Å². The summed E-state index contributed by atoms with van der Waals surface area (Å²) in [4.78, 5) is 18.2. The van der Waals surface area contributed by atoms with Crippen molar-refractivity contribution in [3.63, 3.8) is 0 Å². The highest BCUT2D eigenvalue weighted by Gasteiger charge is 2.07. The highest BCUT2D eigenvalue weighted by Crippen LogP contribution is 2.20. The van der Waals surface area contributed by atoms with E-state index in [1.165, 1.54) is 0 Å². The van der Waals surface area contributed by atoms with Crippen LogP contribution in [0.25, 0.3) is 0 Å². The third-order valence-corrected chi connectivity index (χ3v) is 3.19. The number of nitrogens with one attached hydrogen (secondary N) is 2. The Morgan fingerprint density at radius 2 is 2.00 bits per heavy atom. The zero-order valence-corrected chi connectivity index (χ0v) is 13.4. The predicted molar refractivity (Wildman–Crippen MR) is 89.9 cm³/mol. The first kappa shape index (κ1) is 16.3. The van der Waals surface area contributed by atoms with E-state index in [9.17, 15) is 4.79 Å². The van der Waals surface area contributed by atoms with E-state index >= 15 is 0 Å². The van der Waals surface area contributed by atoms with Crippen molar-refractivity contribution in [3.8, 4) is 0 Å². The average Bonchev–Trinajstić information content (AvgIpc) is 2.47. The molecule has 0 unspecified atom stereocenters. The summed E-state index contributed by atoms with van der Waals surface area (Å²) in [6.07, 6.45) is 1.60. The minimum Gasteiger partial charge on any atom is -0.355 e. The van der Waals surface area contributed by atoms with Gasteiger partial charge in [0.25, 0.3) is 5.91 Å². The molecule has 0 saturated heterocycles. The molecule has 0 aliphatic rings. The van der Waals surface area contributed by atoms with E-state index in [0.29, 0.717) is 17.3 Å². The number of hydrogen-bond acceptors (Lipinski definition) is 4. The van der Waals surface area contributed by atoms with Crippen molar-refractivity contribution in [2.75, 3.05) is 32.5 Å². The van der Waals surface area contributed by atoms with Gasteiger partial charge < -0.3 is 15.5 Å². The van der Waals surface area contributed by atoms with Gasteiger partial charge in [0.05, 0.1) is 0 Å². The normalized spacial score (nSPS) is 10.5. The molecule has 116 valence electrons. The summed E-state index contributed by atoms with van der Waals surface area (Å²) in [5, 5.41) is 6.69. The van der Waals surface area contributed by atoms with Crippen molar-refractivity contribution in [2.45, 2.75) is 0 Å². The van der Waals surface area contributed by atoms with Crippen LogP contribution in [-0.2, 0) is 0 Å². The molecule has 1 heterocycles. The predicted octanol–water partition coefficient (Wildman–Crippen LogP) is 2.77. The van der Waals surface area contributed by atoms with E-state index in [2.05, 4.69) is 15.6 Å². The number of rotatable bonds is 6. The molecule has 6 heteroatoms. The Hall–Kier alpha value is -2.11. The van der Waals surface area contributed by atoms with Crippen LogP contribution in [0.4, 0.5) is 11.4 Å². The van der Waals surface area contributed by atoms with Gasteiger partial charge in [0.1, 0.15) is 5.69 Å². The van der Waals surface area contributed by atoms with Crippen LogP contribution < -0.4 is 10.6 Å². The maximum atomic E-state index is 12.0. The van der Waals surface area contributed by atoms with Gasteiger partial charge in [0.2, 0.25) is 0 Å². The second-order valence-corrected chi connectivity index (χ2v) is 5.56. The number of carbonyl (C=O) groups excluding carboxylic acids is 1. The molecule has 1 aromatic carbocycles. The number of benzene rings is 1. The Kier molecular flexibility index (Phi) is 5.75. The maximum Gasteiger partial charge on any atom is 0.269 e. The summed E-state index contributed by atoms with van der Waals surface area (Å²) in [5.74, 6) is -0.184. The first-order valence-corrected chi connectivity index (χ1v) is 7.34. The van der Waals surface area contributed by atoms with Gasteiger partial charge in [-0.15, -0.1) is 0 Å². The average molecular weight is 319 g/mol. The molecule has 0 radical (unpaired) electrons.